The summed E-state index contributed by atoms with van der Waals surface area (Å²) in [5.41, 5.74) is 0.567. The van der Waals surface area contributed by atoms with Gasteiger partial charge in [-0.25, -0.2) is 0 Å². The lowest BCUT2D eigenvalue weighted by atomic mass is 9.87. The van der Waals surface area contributed by atoms with Crippen LogP contribution in [0.1, 0.15) is 49.0 Å². The van der Waals surface area contributed by atoms with Gasteiger partial charge in [-0.15, -0.1) is 0 Å². The molecule has 1 aromatic heterocycles. The Morgan fingerprint density at radius 2 is 2.05 bits per heavy atom. The van der Waals surface area contributed by atoms with Crippen LogP contribution in [0.3, 0.4) is 0 Å². The minimum atomic E-state index is -0.0375. The number of amides is 1. The molecule has 0 spiro atoms. The first-order valence-electron chi connectivity index (χ1n) is 7.07. The molecule has 0 bridgehead atoms. The number of Topliss-reactive ketones (excluding diaryl/α,β-unsaturated/α-hetero) is 1. The first-order valence-corrected chi connectivity index (χ1v) is 7.07. The molecule has 1 fully saturated rings. The number of carbonyl (C=O) groups excluding carboxylic acids is 2. The lowest BCUT2D eigenvalue weighted by Crippen LogP contribution is -2.33. The first-order chi connectivity index (χ1) is 9.16. The van der Waals surface area contributed by atoms with Crippen LogP contribution in [-0.4, -0.2) is 35.2 Å². The van der Waals surface area contributed by atoms with E-state index in [9.17, 15) is 9.59 Å². The molecule has 104 valence electrons. The Kier molecular flexibility index (Phi) is 4.77. The van der Waals surface area contributed by atoms with Crippen molar-refractivity contribution in [1.82, 2.24) is 9.88 Å². The molecule has 0 aromatic carbocycles. The zero-order valence-electron chi connectivity index (χ0n) is 11.5. The van der Waals surface area contributed by atoms with E-state index in [0.29, 0.717) is 18.0 Å². The van der Waals surface area contributed by atoms with Crippen molar-refractivity contribution in [1.29, 1.82) is 0 Å². The van der Waals surface area contributed by atoms with Gasteiger partial charge in [0.2, 0.25) is 5.91 Å². The van der Waals surface area contributed by atoms with E-state index in [4.69, 9.17) is 0 Å². The number of hydrogen-bond donors (Lipinski definition) is 1. The highest BCUT2D eigenvalue weighted by Crippen LogP contribution is 2.26. The summed E-state index contributed by atoms with van der Waals surface area (Å²) in [6.07, 6.45) is 8.40. The van der Waals surface area contributed by atoms with Crippen LogP contribution in [0, 0.1) is 5.92 Å². The first kappa shape index (κ1) is 13.8. The second kappa shape index (κ2) is 6.55. The van der Waals surface area contributed by atoms with E-state index in [-0.39, 0.29) is 18.2 Å². The van der Waals surface area contributed by atoms with Crippen LogP contribution in [0.4, 0.5) is 0 Å². The van der Waals surface area contributed by atoms with Gasteiger partial charge < -0.3 is 9.88 Å². The molecule has 1 amide bonds. The van der Waals surface area contributed by atoms with Gasteiger partial charge in [-0.1, -0.05) is 19.3 Å². The van der Waals surface area contributed by atoms with Crippen molar-refractivity contribution in [2.75, 3.05) is 13.6 Å². The molecule has 0 saturated heterocycles. The van der Waals surface area contributed by atoms with Crippen LogP contribution in [0.25, 0.3) is 0 Å². The topological polar surface area (TPSA) is 53.2 Å². The third-order valence-electron chi connectivity index (χ3n) is 3.89. The minimum Gasteiger partial charge on any atom is -0.359 e. The zero-order valence-corrected chi connectivity index (χ0v) is 11.5. The van der Waals surface area contributed by atoms with Gasteiger partial charge >= 0.3 is 0 Å². The molecular formula is C15H22N2O2. The van der Waals surface area contributed by atoms with Crippen LogP contribution in [0.15, 0.2) is 18.3 Å². The van der Waals surface area contributed by atoms with Crippen LogP contribution in [0.5, 0.6) is 0 Å². The number of likely N-dealkylation sites (N-methyl/N-ethyl adjacent to an activating group) is 1. The summed E-state index contributed by atoms with van der Waals surface area (Å²) >= 11 is 0. The minimum absolute atomic E-state index is 0.0375. The smallest absolute Gasteiger partial charge is 0.222 e. The SMILES string of the molecule is CN(CC(=O)c1ccc[nH]1)C(=O)CC1CCCCC1. The second-order valence-corrected chi connectivity index (χ2v) is 5.46. The van der Waals surface area contributed by atoms with E-state index in [1.165, 1.54) is 19.3 Å². The number of nitrogens with one attached hydrogen (secondary N) is 1. The highest BCUT2D eigenvalue weighted by molar-refractivity contribution is 5.97. The predicted molar refractivity (Wildman–Crippen MR) is 74.0 cm³/mol. The van der Waals surface area contributed by atoms with Gasteiger partial charge in [0.05, 0.1) is 12.2 Å². The highest BCUT2D eigenvalue weighted by Gasteiger charge is 2.20. The maximum Gasteiger partial charge on any atom is 0.222 e. The molecule has 4 heteroatoms. The molecule has 0 atom stereocenters. The summed E-state index contributed by atoms with van der Waals surface area (Å²) in [6, 6.07) is 3.53. The molecule has 1 aliphatic carbocycles. The highest BCUT2D eigenvalue weighted by atomic mass is 16.2. The van der Waals surface area contributed by atoms with Gasteiger partial charge in [-0.3, -0.25) is 9.59 Å². The van der Waals surface area contributed by atoms with Gasteiger partial charge in [-0.05, 0) is 30.9 Å². The van der Waals surface area contributed by atoms with E-state index < -0.39 is 0 Å². The molecule has 0 aliphatic heterocycles. The molecule has 2 rings (SSSR count). The monoisotopic (exact) mass is 262 g/mol. The molecule has 4 nitrogen and oxygen atoms in total. The average molecular weight is 262 g/mol. The summed E-state index contributed by atoms with van der Waals surface area (Å²) in [4.78, 5) is 28.4. The number of aromatic amines is 1. The van der Waals surface area contributed by atoms with E-state index in [1.54, 1.807) is 30.3 Å². The average Bonchev–Trinajstić information content (AvgIpc) is 2.93. The summed E-state index contributed by atoms with van der Waals surface area (Å²) in [7, 11) is 1.71. The van der Waals surface area contributed by atoms with Gasteiger partial charge in [0.25, 0.3) is 0 Å². The fraction of sp³-hybridized carbons (Fsp3) is 0.600. The van der Waals surface area contributed by atoms with Crippen molar-refractivity contribution >= 4 is 11.7 Å². The van der Waals surface area contributed by atoms with E-state index >= 15 is 0 Å². The number of hydrogen-bond acceptors (Lipinski definition) is 2. The normalized spacial score (nSPS) is 16.3. The van der Waals surface area contributed by atoms with Gasteiger partial charge in [0, 0.05) is 19.7 Å². The fourth-order valence-electron chi connectivity index (χ4n) is 2.69. The quantitative estimate of drug-likeness (QED) is 0.829. The molecule has 1 N–H and O–H groups in total. The van der Waals surface area contributed by atoms with Crippen molar-refractivity contribution in [3.63, 3.8) is 0 Å². The Morgan fingerprint density at radius 1 is 1.32 bits per heavy atom. The summed E-state index contributed by atoms with van der Waals surface area (Å²) in [5, 5.41) is 0. The standard InChI is InChI=1S/C15H22N2O2/c1-17(11-14(18)13-8-5-9-16-13)15(19)10-12-6-3-2-4-7-12/h5,8-9,12,16H,2-4,6-7,10-11H2,1H3. The maximum absolute atomic E-state index is 12.1. The van der Waals surface area contributed by atoms with Crippen molar-refractivity contribution in [2.24, 2.45) is 5.92 Å². The molecule has 0 radical (unpaired) electrons. The Morgan fingerprint density at radius 3 is 2.68 bits per heavy atom. The Bertz CT molecular complexity index is 419. The fourth-order valence-corrected chi connectivity index (χ4v) is 2.69. The third-order valence-corrected chi connectivity index (χ3v) is 3.89. The van der Waals surface area contributed by atoms with Crippen LogP contribution in [0.2, 0.25) is 0 Å². The van der Waals surface area contributed by atoms with Crippen molar-refractivity contribution in [3.8, 4) is 0 Å². The Hall–Kier alpha value is -1.58. The number of carbonyl (C=O) groups is 2. The van der Waals surface area contributed by atoms with E-state index in [0.717, 1.165) is 12.8 Å². The molecule has 1 aliphatic rings. The number of aromatic nitrogens is 1. The van der Waals surface area contributed by atoms with Crippen molar-refractivity contribution < 1.29 is 9.59 Å². The number of nitrogens with zero attached hydrogens (tertiary/aromatic N) is 1. The van der Waals surface area contributed by atoms with Crippen LogP contribution in [-0.2, 0) is 4.79 Å². The van der Waals surface area contributed by atoms with Gasteiger partial charge in [-0.2, -0.15) is 0 Å². The van der Waals surface area contributed by atoms with E-state index in [2.05, 4.69) is 4.98 Å². The molecule has 1 aromatic rings. The predicted octanol–water partition coefficient (Wildman–Crippen LogP) is 2.63. The number of H-pyrrole nitrogens is 1. The Balaban J connectivity index is 1.80. The zero-order chi connectivity index (χ0) is 13.7. The van der Waals surface area contributed by atoms with Crippen LogP contribution < -0.4 is 0 Å². The summed E-state index contributed by atoms with van der Waals surface area (Å²) in [6.45, 7) is 0.159. The molecular weight excluding hydrogens is 240 g/mol. The van der Waals surface area contributed by atoms with Gasteiger partial charge in [0.15, 0.2) is 5.78 Å². The molecule has 0 unspecified atom stereocenters. The maximum atomic E-state index is 12.1. The summed E-state index contributed by atoms with van der Waals surface area (Å²) in [5.74, 6) is 0.570. The molecule has 1 saturated carbocycles. The van der Waals surface area contributed by atoms with Crippen LogP contribution >= 0.6 is 0 Å². The summed E-state index contributed by atoms with van der Waals surface area (Å²) < 4.78 is 0. The molecule has 1 heterocycles. The molecule has 19 heavy (non-hydrogen) atoms. The number of rotatable bonds is 5. The largest absolute Gasteiger partial charge is 0.359 e. The lowest BCUT2D eigenvalue weighted by Gasteiger charge is -2.23. The number of ketones is 1. The van der Waals surface area contributed by atoms with E-state index in [1.807, 2.05) is 0 Å². The van der Waals surface area contributed by atoms with Crippen molar-refractivity contribution in [3.05, 3.63) is 24.0 Å². The second-order valence-electron chi connectivity index (χ2n) is 5.46. The van der Waals surface area contributed by atoms with Gasteiger partial charge in [0.1, 0.15) is 0 Å². The lowest BCUT2D eigenvalue weighted by molar-refractivity contribution is -0.130. The Labute approximate surface area is 114 Å². The third kappa shape index (κ3) is 3.94. The van der Waals surface area contributed by atoms with Crippen molar-refractivity contribution in [2.45, 2.75) is 38.5 Å².